The van der Waals surface area contributed by atoms with Gasteiger partial charge >= 0.3 is 0 Å². The van der Waals surface area contributed by atoms with Gasteiger partial charge in [-0.25, -0.2) is 0 Å². The van der Waals surface area contributed by atoms with Crippen LogP contribution in [0.25, 0.3) is 0 Å². The molecular formula is C19H29ClO2. The van der Waals surface area contributed by atoms with Gasteiger partial charge in [-0.2, -0.15) is 0 Å². The van der Waals surface area contributed by atoms with Crippen molar-refractivity contribution in [1.82, 2.24) is 0 Å². The van der Waals surface area contributed by atoms with Crippen molar-refractivity contribution in [1.29, 1.82) is 0 Å². The summed E-state index contributed by atoms with van der Waals surface area (Å²) in [5.41, 5.74) is 0.640. The first kappa shape index (κ1) is 14.5. The van der Waals surface area contributed by atoms with Gasteiger partial charge in [-0.3, -0.25) is 0 Å². The Balaban J connectivity index is 1.49. The maximum absolute atomic E-state index is 10.5. The number of hydrogen-bond acceptors (Lipinski definition) is 2. The first-order chi connectivity index (χ1) is 10.5. The molecule has 1 saturated heterocycles. The number of ether oxygens (including phenoxy) is 1. The smallest absolute Gasteiger partial charge is 0.0745 e. The van der Waals surface area contributed by atoms with Gasteiger partial charge in [-0.1, -0.05) is 6.92 Å². The standard InChI is InChI=1S/C19H29ClO2/c1-18-7-6-14-12(13(18)4-5-17(18)21)3-2-11-8-15(20)16-9-19(11,14)10-22-16/h11-17,21H,2-10H2,1H3/t11-,12-,13-,14-,15-,16-,17-,18-,19+/m0/s1. The van der Waals surface area contributed by atoms with E-state index in [1.165, 1.54) is 44.9 Å². The summed E-state index contributed by atoms with van der Waals surface area (Å²) in [5.74, 6) is 3.22. The van der Waals surface area contributed by atoms with E-state index < -0.39 is 0 Å². The minimum Gasteiger partial charge on any atom is -0.393 e. The van der Waals surface area contributed by atoms with Crippen molar-refractivity contribution < 1.29 is 9.84 Å². The third-order valence-electron chi connectivity index (χ3n) is 8.85. The molecule has 1 spiro atoms. The van der Waals surface area contributed by atoms with Gasteiger partial charge < -0.3 is 9.84 Å². The minimum atomic E-state index is -0.0557. The zero-order valence-corrected chi connectivity index (χ0v) is 14.4. The van der Waals surface area contributed by atoms with Crippen LogP contribution < -0.4 is 0 Å². The second-order valence-electron chi connectivity index (χ2n) is 9.33. The molecule has 124 valence electrons. The second kappa shape index (κ2) is 4.64. The summed E-state index contributed by atoms with van der Waals surface area (Å²) in [6.45, 7) is 3.34. The van der Waals surface area contributed by atoms with Crippen LogP contribution in [0, 0.1) is 34.5 Å². The fourth-order valence-electron chi connectivity index (χ4n) is 7.67. The minimum absolute atomic E-state index is 0.0557. The zero-order chi connectivity index (χ0) is 15.1. The fraction of sp³-hybridized carbons (Fsp3) is 1.00. The SMILES string of the molecule is C[C@]12CC[C@H]3[C@@H](CC[C@H]4C[C@H](Cl)[C@@H]5C[C@@]43CO5)[C@@H]1CC[C@@H]2O. The zero-order valence-electron chi connectivity index (χ0n) is 13.6. The Morgan fingerprint density at radius 1 is 1.09 bits per heavy atom. The molecule has 3 heteroatoms. The van der Waals surface area contributed by atoms with Crippen molar-refractivity contribution in [3.63, 3.8) is 0 Å². The maximum Gasteiger partial charge on any atom is 0.0745 e. The molecule has 2 nitrogen and oxygen atoms in total. The van der Waals surface area contributed by atoms with Gasteiger partial charge in [0, 0.05) is 5.41 Å². The molecule has 0 aromatic rings. The summed E-state index contributed by atoms with van der Waals surface area (Å²) < 4.78 is 6.17. The number of halogens is 1. The Bertz CT molecular complexity index is 482. The van der Waals surface area contributed by atoms with Gasteiger partial charge in [0.15, 0.2) is 0 Å². The predicted octanol–water partition coefficient (Wildman–Crippen LogP) is 3.99. The van der Waals surface area contributed by atoms with Crippen LogP contribution in [0.4, 0.5) is 0 Å². The lowest BCUT2D eigenvalue weighted by Gasteiger charge is -2.59. The molecule has 2 bridgehead atoms. The van der Waals surface area contributed by atoms with Gasteiger partial charge in [-0.15, -0.1) is 11.6 Å². The Morgan fingerprint density at radius 2 is 1.95 bits per heavy atom. The van der Waals surface area contributed by atoms with E-state index in [1.54, 1.807) is 0 Å². The molecule has 4 saturated carbocycles. The summed E-state index contributed by atoms with van der Waals surface area (Å²) in [6, 6.07) is 0. The van der Waals surface area contributed by atoms with E-state index in [9.17, 15) is 5.11 Å². The van der Waals surface area contributed by atoms with Gasteiger partial charge in [0.05, 0.1) is 24.2 Å². The lowest BCUT2D eigenvalue weighted by Crippen LogP contribution is -2.55. The first-order valence-corrected chi connectivity index (χ1v) is 9.92. The van der Waals surface area contributed by atoms with Gasteiger partial charge in [-0.05, 0) is 80.5 Å². The van der Waals surface area contributed by atoms with E-state index in [0.717, 1.165) is 36.7 Å². The van der Waals surface area contributed by atoms with Crippen LogP contribution >= 0.6 is 11.6 Å². The third kappa shape index (κ3) is 1.65. The molecular weight excluding hydrogens is 296 g/mol. The molecule has 1 N–H and O–H groups in total. The lowest BCUT2D eigenvalue weighted by molar-refractivity contribution is -0.117. The highest BCUT2D eigenvalue weighted by Crippen LogP contribution is 2.68. The van der Waals surface area contributed by atoms with Crippen molar-refractivity contribution in [3.05, 3.63) is 0 Å². The molecule has 0 unspecified atom stereocenters. The Labute approximate surface area is 138 Å². The molecule has 0 aromatic heterocycles. The molecule has 0 amide bonds. The van der Waals surface area contributed by atoms with Crippen LogP contribution in [0.3, 0.4) is 0 Å². The number of fused-ring (bicyclic) bond motifs is 4. The summed E-state index contributed by atoms with van der Waals surface area (Å²) >= 11 is 6.57. The van der Waals surface area contributed by atoms with E-state index in [1.807, 2.05) is 0 Å². The van der Waals surface area contributed by atoms with Crippen LogP contribution in [0.1, 0.15) is 58.3 Å². The molecule has 5 fully saturated rings. The number of hydrogen-bond donors (Lipinski definition) is 1. The Hall–Kier alpha value is 0.210. The molecule has 22 heavy (non-hydrogen) atoms. The third-order valence-corrected chi connectivity index (χ3v) is 9.31. The Morgan fingerprint density at radius 3 is 2.82 bits per heavy atom. The molecule has 1 aliphatic heterocycles. The van der Waals surface area contributed by atoms with Crippen LogP contribution in [0.5, 0.6) is 0 Å². The van der Waals surface area contributed by atoms with Crippen molar-refractivity contribution in [2.24, 2.45) is 34.5 Å². The summed E-state index contributed by atoms with van der Waals surface area (Å²) in [4.78, 5) is 0. The highest BCUT2D eigenvalue weighted by atomic mass is 35.5. The quantitative estimate of drug-likeness (QED) is 0.683. The highest BCUT2D eigenvalue weighted by molar-refractivity contribution is 6.21. The number of rotatable bonds is 0. The summed E-state index contributed by atoms with van der Waals surface area (Å²) in [5, 5.41) is 10.8. The van der Waals surface area contributed by atoms with Crippen LogP contribution in [-0.2, 0) is 4.74 Å². The number of aliphatic hydroxyl groups is 1. The van der Waals surface area contributed by atoms with Crippen molar-refractivity contribution in [2.45, 2.75) is 75.9 Å². The molecule has 5 aliphatic rings. The predicted molar refractivity (Wildman–Crippen MR) is 86.8 cm³/mol. The van der Waals surface area contributed by atoms with Crippen LogP contribution in [0.2, 0.25) is 0 Å². The number of alkyl halides is 1. The molecule has 9 atom stereocenters. The average Bonchev–Trinajstić information content (AvgIpc) is 3.02. The van der Waals surface area contributed by atoms with E-state index >= 15 is 0 Å². The van der Waals surface area contributed by atoms with Crippen molar-refractivity contribution in [2.75, 3.05) is 6.61 Å². The molecule has 1 heterocycles. The van der Waals surface area contributed by atoms with E-state index in [0.29, 0.717) is 11.5 Å². The van der Waals surface area contributed by atoms with Crippen molar-refractivity contribution in [3.8, 4) is 0 Å². The monoisotopic (exact) mass is 324 g/mol. The van der Waals surface area contributed by atoms with Crippen LogP contribution in [-0.4, -0.2) is 29.3 Å². The molecule has 0 aromatic carbocycles. The second-order valence-corrected chi connectivity index (χ2v) is 9.89. The molecule has 5 rings (SSSR count). The largest absolute Gasteiger partial charge is 0.393 e. The van der Waals surface area contributed by atoms with E-state index in [2.05, 4.69) is 6.92 Å². The lowest BCUT2D eigenvalue weighted by atomic mass is 9.45. The highest BCUT2D eigenvalue weighted by Gasteiger charge is 2.64. The van der Waals surface area contributed by atoms with Crippen LogP contribution in [0.15, 0.2) is 0 Å². The molecule has 0 radical (unpaired) electrons. The fourth-order valence-corrected chi connectivity index (χ4v) is 8.04. The molecule has 4 aliphatic carbocycles. The van der Waals surface area contributed by atoms with E-state index in [-0.39, 0.29) is 16.9 Å². The first-order valence-electron chi connectivity index (χ1n) is 9.48. The maximum atomic E-state index is 10.5. The topological polar surface area (TPSA) is 29.5 Å². The van der Waals surface area contributed by atoms with Gasteiger partial charge in [0.1, 0.15) is 0 Å². The van der Waals surface area contributed by atoms with Gasteiger partial charge in [0.2, 0.25) is 0 Å². The normalized spacial score (nSPS) is 63.1. The summed E-state index contributed by atoms with van der Waals surface area (Å²) in [6.07, 6.45) is 10.2. The number of aliphatic hydroxyl groups excluding tert-OH is 1. The van der Waals surface area contributed by atoms with Gasteiger partial charge in [0.25, 0.3) is 0 Å². The Kier molecular flexibility index (Phi) is 3.07. The van der Waals surface area contributed by atoms with E-state index in [4.69, 9.17) is 16.3 Å². The van der Waals surface area contributed by atoms with Crippen molar-refractivity contribution >= 4 is 11.6 Å². The average molecular weight is 325 g/mol. The summed E-state index contributed by atoms with van der Waals surface area (Å²) in [7, 11) is 0.